The monoisotopic (exact) mass is 303 g/mol. The summed E-state index contributed by atoms with van der Waals surface area (Å²) < 4.78 is 0. The van der Waals surface area contributed by atoms with E-state index in [1.165, 1.54) is 4.90 Å². The summed E-state index contributed by atoms with van der Waals surface area (Å²) in [5.74, 6) is 0.154. The normalized spacial score (nSPS) is 23.4. The number of carbonyl (C=O) groups excluding carboxylic acids is 2. The SMILES string of the molecule is CCN1C(=O)CC(N2CCN(c3ccc(O)cc3)CC2)C1=O. The Morgan fingerprint density at radius 2 is 1.73 bits per heavy atom. The first-order valence-electron chi connectivity index (χ1n) is 7.72. The highest BCUT2D eigenvalue weighted by Crippen LogP contribution is 2.23. The largest absolute Gasteiger partial charge is 0.508 e. The second-order valence-corrected chi connectivity index (χ2v) is 5.74. The molecule has 0 aliphatic carbocycles. The molecule has 6 heteroatoms. The van der Waals surface area contributed by atoms with Crippen molar-refractivity contribution < 1.29 is 14.7 Å². The Morgan fingerprint density at radius 1 is 1.09 bits per heavy atom. The molecule has 0 saturated carbocycles. The summed E-state index contributed by atoms with van der Waals surface area (Å²) in [7, 11) is 0. The lowest BCUT2D eigenvalue weighted by Crippen LogP contribution is -2.52. The number of imide groups is 1. The molecular weight excluding hydrogens is 282 g/mol. The van der Waals surface area contributed by atoms with Crippen LogP contribution in [0.5, 0.6) is 5.75 Å². The zero-order valence-electron chi connectivity index (χ0n) is 12.7. The number of likely N-dealkylation sites (N-methyl/N-ethyl adjacent to an activating group) is 1. The third-order valence-electron chi connectivity index (χ3n) is 4.51. The molecule has 2 aliphatic rings. The molecule has 0 aromatic heterocycles. The van der Waals surface area contributed by atoms with E-state index in [4.69, 9.17) is 0 Å². The number of benzene rings is 1. The van der Waals surface area contributed by atoms with Gasteiger partial charge in [0.15, 0.2) is 0 Å². The van der Waals surface area contributed by atoms with Crippen molar-refractivity contribution in [3.8, 4) is 5.75 Å². The summed E-state index contributed by atoms with van der Waals surface area (Å²) in [6, 6.07) is 6.87. The van der Waals surface area contributed by atoms with Gasteiger partial charge in [0.1, 0.15) is 5.75 Å². The highest BCUT2D eigenvalue weighted by Gasteiger charge is 2.41. The van der Waals surface area contributed by atoms with E-state index < -0.39 is 0 Å². The number of likely N-dealkylation sites (tertiary alicyclic amines) is 1. The van der Waals surface area contributed by atoms with Crippen LogP contribution in [0.1, 0.15) is 13.3 Å². The molecule has 2 saturated heterocycles. The van der Waals surface area contributed by atoms with Gasteiger partial charge in [0.2, 0.25) is 11.8 Å². The number of rotatable bonds is 3. The van der Waals surface area contributed by atoms with Gasteiger partial charge in [0.25, 0.3) is 0 Å². The van der Waals surface area contributed by atoms with E-state index in [1.807, 2.05) is 19.1 Å². The van der Waals surface area contributed by atoms with Gasteiger partial charge in [-0.2, -0.15) is 0 Å². The van der Waals surface area contributed by atoms with E-state index in [9.17, 15) is 14.7 Å². The van der Waals surface area contributed by atoms with Gasteiger partial charge in [-0.1, -0.05) is 0 Å². The minimum Gasteiger partial charge on any atom is -0.508 e. The van der Waals surface area contributed by atoms with E-state index in [0.29, 0.717) is 13.0 Å². The van der Waals surface area contributed by atoms with Crippen molar-refractivity contribution in [1.82, 2.24) is 9.80 Å². The summed E-state index contributed by atoms with van der Waals surface area (Å²) in [5.41, 5.74) is 1.07. The number of phenols is 1. The van der Waals surface area contributed by atoms with Gasteiger partial charge in [-0.25, -0.2) is 0 Å². The van der Waals surface area contributed by atoms with Gasteiger partial charge in [0.05, 0.1) is 12.5 Å². The van der Waals surface area contributed by atoms with Gasteiger partial charge < -0.3 is 10.0 Å². The van der Waals surface area contributed by atoms with Gasteiger partial charge in [-0.15, -0.1) is 0 Å². The number of hydrogen-bond donors (Lipinski definition) is 1. The van der Waals surface area contributed by atoms with Gasteiger partial charge in [0, 0.05) is 38.4 Å². The van der Waals surface area contributed by atoms with Crippen LogP contribution in [-0.4, -0.2) is 65.5 Å². The predicted octanol–water partition coefficient (Wildman–Crippen LogP) is 0.662. The van der Waals surface area contributed by atoms with Crippen LogP contribution in [0.15, 0.2) is 24.3 Å². The summed E-state index contributed by atoms with van der Waals surface area (Å²) >= 11 is 0. The average molecular weight is 303 g/mol. The van der Waals surface area contributed by atoms with Crippen LogP contribution in [0.25, 0.3) is 0 Å². The van der Waals surface area contributed by atoms with Crippen LogP contribution in [0.3, 0.4) is 0 Å². The molecule has 1 N–H and O–H groups in total. The van der Waals surface area contributed by atoms with Crippen molar-refractivity contribution >= 4 is 17.5 Å². The lowest BCUT2D eigenvalue weighted by molar-refractivity contribution is -0.139. The quantitative estimate of drug-likeness (QED) is 0.831. The molecule has 6 nitrogen and oxygen atoms in total. The fourth-order valence-electron chi connectivity index (χ4n) is 3.24. The number of amides is 2. The van der Waals surface area contributed by atoms with E-state index in [-0.39, 0.29) is 23.6 Å². The first-order valence-corrected chi connectivity index (χ1v) is 7.72. The Labute approximate surface area is 129 Å². The summed E-state index contributed by atoms with van der Waals surface area (Å²) in [6.07, 6.45) is 0.311. The summed E-state index contributed by atoms with van der Waals surface area (Å²) in [4.78, 5) is 29.8. The number of anilines is 1. The fraction of sp³-hybridized carbons (Fsp3) is 0.500. The standard InChI is InChI=1S/C16H21N3O3/c1-2-19-15(21)11-14(16(19)22)18-9-7-17(8-10-18)12-3-5-13(20)6-4-12/h3-6,14,20H,2,7-11H2,1H3. The molecule has 2 amide bonds. The summed E-state index contributed by atoms with van der Waals surface area (Å²) in [5, 5.41) is 9.34. The minimum absolute atomic E-state index is 0.0504. The maximum absolute atomic E-state index is 12.3. The van der Waals surface area contributed by atoms with Crippen LogP contribution < -0.4 is 4.90 Å². The van der Waals surface area contributed by atoms with Gasteiger partial charge in [-0.05, 0) is 31.2 Å². The molecule has 1 aromatic rings. The Morgan fingerprint density at radius 3 is 2.27 bits per heavy atom. The molecule has 2 heterocycles. The van der Waals surface area contributed by atoms with Gasteiger partial charge >= 0.3 is 0 Å². The van der Waals surface area contributed by atoms with Crippen molar-refractivity contribution in [3.05, 3.63) is 24.3 Å². The predicted molar refractivity (Wildman–Crippen MR) is 82.7 cm³/mol. The van der Waals surface area contributed by atoms with Gasteiger partial charge in [-0.3, -0.25) is 19.4 Å². The molecule has 1 atom stereocenters. The highest BCUT2D eigenvalue weighted by atomic mass is 16.3. The maximum atomic E-state index is 12.3. The second kappa shape index (κ2) is 5.96. The molecule has 0 radical (unpaired) electrons. The molecule has 3 rings (SSSR count). The van der Waals surface area contributed by atoms with Crippen LogP contribution in [0, 0.1) is 0 Å². The van der Waals surface area contributed by atoms with Crippen molar-refractivity contribution in [2.24, 2.45) is 0 Å². The molecule has 0 spiro atoms. The number of carbonyl (C=O) groups is 2. The highest BCUT2D eigenvalue weighted by molar-refractivity contribution is 6.05. The molecule has 1 aromatic carbocycles. The van der Waals surface area contributed by atoms with Crippen molar-refractivity contribution in [2.75, 3.05) is 37.6 Å². The van der Waals surface area contributed by atoms with E-state index in [0.717, 1.165) is 31.9 Å². The zero-order valence-corrected chi connectivity index (χ0v) is 12.7. The Hall–Kier alpha value is -2.08. The number of nitrogens with zero attached hydrogens (tertiary/aromatic N) is 3. The Bertz CT molecular complexity index is 565. The lowest BCUT2D eigenvalue weighted by Gasteiger charge is -2.38. The molecule has 118 valence electrons. The Balaban J connectivity index is 1.61. The van der Waals surface area contributed by atoms with Crippen LogP contribution >= 0.6 is 0 Å². The van der Waals surface area contributed by atoms with E-state index >= 15 is 0 Å². The fourth-order valence-corrected chi connectivity index (χ4v) is 3.24. The first-order chi connectivity index (χ1) is 10.6. The molecule has 0 bridgehead atoms. The second-order valence-electron chi connectivity index (χ2n) is 5.74. The number of aromatic hydroxyl groups is 1. The third-order valence-corrected chi connectivity index (χ3v) is 4.51. The minimum atomic E-state index is -0.283. The summed E-state index contributed by atoms with van der Waals surface area (Å²) in [6.45, 7) is 5.45. The molecule has 22 heavy (non-hydrogen) atoms. The van der Waals surface area contributed by atoms with Crippen LogP contribution in [-0.2, 0) is 9.59 Å². The molecule has 2 aliphatic heterocycles. The lowest BCUT2D eigenvalue weighted by atomic mass is 10.1. The average Bonchev–Trinajstić information content (AvgIpc) is 2.82. The topological polar surface area (TPSA) is 64.1 Å². The van der Waals surface area contributed by atoms with E-state index in [1.54, 1.807) is 12.1 Å². The Kier molecular flexibility index (Phi) is 4.02. The van der Waals surface area contributed by atoms with Crippen molar-refractivity contribution in [2.45, 2.75) is 19.4 Å². The van der Waals surface area contributed by atoms with Crippen molar-refractivity contribution in [3.63, 3.8) is 0 Å². The maximum Gasteiger partial charge on any atom is 0.247 e. The number of hydrogen-bond acceptors (Lipinski definition) is 5. The van der Waals surface area contributed by atoms with Crippen LogP contribution in [0.4, 0.5) is 5.69 Å². The number of phenolic OH excluding ortho intramolecular Hbond substituents is 1. The smallest absolute Gasteiger partial charge is 0.247 e. The molecular formula is C16H21N3O3. The van der Waals surface area contributed by atoms with Crippen LogP contribution in [0.2, 0.25) is 0 Å². The first kappa shape index (κ1) is 14.8. The third kappa shape index (κ3) is 2.66. The number of piperazine rings is 1. The van der Waals surface area contributed by atoms with Crippen molar-refractivity contribution in [1.29, 1.82) is 0 Å². The molecule has 1 unspecified atom stereocenters. The molecule has 2 fully saturated rings. The van der Waals surface area contributed by atoms with E-state index in [2.05, 4.69) is 9.80 Å². The zero-order chi connectivity index (χ0) is 15.7.